The molecule has 5 rings (SSSR count). The molecule has 1 aliphatic heterocycles. The number of hydrogen-bond acceptors (Lipinski definition) is 7. The Morgan fingerprint density at radius 2 is 1.88 bits per heavy atom. The highest BCUT2D eigenvalue weighted by Crippen LogP contribution is 2.46. The summed E-state index contributed by atoms with van der Waals surface area (Å²) >= 11 is 1.38. The molecular weight excluding hydrogens is 448 g/mol. The number of benzene rings is 3. The predicted molar refractivity (Wildman–Crippen MR) is 133 cm³/mol. The van der Waals surface area contributed by atoms with Crippen molar-refractivity contribution in [2.24, 2.45) is 0 Å². The molecule has 3 aromatic carbocycles. The van der Waals surface area contributed by atoms with Crippen LogP contribution in [0.3, 0.4) is 0 Å². The van der Waals surface area contributed by atoms with Crippen LogP contribution in [0.1, 0.15) is 31.6 Å². The molecule has 172 valence electrons. The Hall–Kier alpha value is -3.65. The smallest absolute Gasteiger partial charge is 0.247 e. The molecule has 0 saturated heterocycles. The van der Waals surface area contributed by atoms with Gasteiger partial charge in [0.15, 0.2) is 5.69 Å². The lowest BCUT2D eigenvalue weighted by molar-refractivity contribution is -0.120. The Morgan fingerprint density at radius 3 is 2.68 bits per heavy atom. The number of carbonyl (C=O) groups is 1. The van der Waals surface area contributed by atoms with Crippen molar-refractivity contribution in [3.63, 3.8) is 0 Å². The van der Waals surface area contributed by atoms with Crippen molar-refractivity contribution in [1.82, 2.24) is 15.2 Å². The highest BCUT2D eigenvalue weighted by atomic mass is 32.2. The van der Waals surface area contributed by atoms with Crippen molar-refractivity contribution in [1.29, 1.82) is 0 Å². The number of carbonyl (C=O) groups excluding carboxylic acids is 1. The molecule has 7 nitrogen and oxygen atoms in total. The molecule has 34 heavy (non-hydrogen) atoms. The molecule has 0 bridgehead atoms. The van der Waals surface area contributed by atoms with Crippen LogP contribution in [0, 0.1) is 0 Å². The topological polar surface area (TPSA) is 77.4 Å². The second kappa shape index (κ2) is 9.30. The first kappa shape index (κ1) is 22.2. The molecule has 2 heterocycles. The number of methoxy groups -OCH3 is 1. The zero-order chi connectivity index (χ0) is 23.7. The van der Waals surface area contributed by atoms with Gasteiger partial charge in [-0.1, -0.05) is 67.2 Å². The van der Waals surface area contributed by atoms with E-state index in [1.54, 1.807) is 12.0 Å². The fourth-order valence-electron chi connectivity index (χ4n) is 4.30. The first-order valence-corrected chi connectivity index (χ1v) is 12.3. The van der Waals surface area contributed by atoms with E-state index in [2.05, 4.69) is 15.2 Å². The standard InChI is InChI=1S/C26H24N4O3S/c1-4-9-21(31)30-19-13-8-7-12-18(19)23-24(27-26(34-3)29-28-23)33-25(30)22-17-11-6-5-10-16(17)14-15-20(22)32-2/h5-8,10-15,25H,4,9H2,1-3H3. The van der Waals surface area contributed by atoms with Gasteiger partial charge >= 0.3 is 0 Å². The minimum atomic E-state index is -0.811. The highest BCUT2D eigenvalue weighted by molar-refractivity contribution is 7.98. The van der Waals surface area contributed by atoms with E-state index in [1.165, 1.54) is 11.8 Å². The van der Waals surface area contributed by atoms with E-state index in [0.717, 1.165) is 21.9 Å². The van der Waals surface area contributed by atoms with Gasteiger partial charge in [-0.2, -0.15) is 4.98 Å². The van der Waals surface area contributed by atoms with Gasteiger partial charge in [-0.25, -0.2) is 0 Å². The second-order valence-corrected chi connectivity index (χ2v) is 8.63. The van der Waals surface area contributed by atoms with Gasteiger partial charge in [0.1, 0.15) is 5.75 Å². The third-order valence-corrected chi connectivity index (χ3v) is 6.36. The Balaban J connectivity index is 1.84. The van der Waals surface area contributed by atoms with Crippen molar-refractivity contribution in [2.75, 3.05) is 18.3 Å². The summed E-state index contributed by atoms with van der Waals surface area (Å²) in [5.41, 5.74) is 2.71. The predicted octanol–water partition coefficient (Wildman–Crippen LogP) is 5.65. The highest BCUT2D eigenvalue weighted by Gasteiger charge is 2.37. The van der Waals surface area contributed by atoms with Crippen LogP contribution < -0.4 is 14.4 Å². The van der Waals surface area contributed by atoms with Crippen LogP contribution in [0.15, 0.2) is 65.8 Å². The molecule has 0 aliphatic carbocycles. The van der Waals surface area contributed by atoms with Crippen LogP contribution in [0.4, 0.5) is 5.69 Å². The fourth-order valence-corrected chi connectivity index (χ4v) is 4.60. The molecule has 0 saturated carbocycles. The van der Waals surface area contributed by atoms with E-state index in [9.17, 15) is 4.79 Å². The Morgan fingerprint density at radius 1 is 1.09 bits per heavy atom. The van der Waals surface area contributed by atoms with Gasteiger partial charge in [0, 0.05) is 12.0 Å². The lowest BCUT2D eigenvalue weighted by atomic mass is 10.0. The first-order valence-electron chi connectivity index (χ1n) is 11.1. The second-order valence-electron chi connectivity index (χ2n) is 7.86. The molecule has 8 heteroatoms. The van der Waals surface area contributed by atoms with Crippen LogP contribution in [-0.2, 0) is 4.79 Å². The molecule has 1 amide bonds. The summed E-state index contributed by atoms with van der Waals surface area (Å²) in [5, 5.41) is 11.1. The summed E-state index contributed by atoms with van der Waals surface area (Å²) in [6.07, 6.45) is 2.15. The number of ether oxygens (including phenoxy) is 2. The third kappa shape index (κ3) is 3.74. The summed E-state index contributed by atoms with van der Waals surface area (Å²) in [6, 6.07) is 19.6. The van der Waals surface area contributed by atoms with Crippen molar-refractivity contribution >= 4 is 34.1 Å². The maximum atomic E-state index is 13.7. The van der Waals surface area contributed by atoms with Crippen molar-refractivity contribution in [2.45, 2.75) is 31.1 Å². The van der Waals surface area contributed by atoms with Crippen LogP contribution >= 0.6 is 11.8 Å². The number of para-hydroxylation sites is 1. The Labute approximate surface area is 202 Å². The van der Waals surface area contributed by atoms with E-state index in [4.69, 9.17) is 9.47 Å². The van der Waals surface area contributed by atoms with E-state index < -0.39 is 6.23 Å². The first-order chi connectivity index (χ1) is 16.7. The van der Waals surface area contributed by atoms with Gasteiger partial charge in [-0.15, -0.1) is 10.2 Å². The van der Waals surface area contributed by atoms with E-state index in [0.29, 0.717) is 41.0 Å². The van der Waals surface area contributed by atoms with Crippen molar-refractivity contribution in [3.05, 3.63) is 66.2 Å². The monoisotopic (exact) mass is 472 g/mol. The molecule has 1 atom stereocenters. The van der Waals surface area contributed by atoms with E-state index in [1.807, 2.05) is 73.8 Å². The van der Waals surface area contributed by atoms with Crippen LogP contribution in [-0.4, -0.2) is 34.5 Å². The number of aromatic nitrogens is 3. The number of fused-ring (bicyclic) bond motifs is 4. The van der Waals surface area contributed by atoms with Gasteiger partial charge in [0.05, 0.1) is 18.4 Å². The number of hydrogen-bond donors (Lipinski definition) is 0. The van der Waals surface area contributed by atoms with E-state index in [-0.39, 0.29) is 5.91 Å². The summed E-state index contributed by atoms with van der Waals surface area (Å²) in [7, 11) is 1.62. The van der Waals surface area contributed by atoms with Crippen molar-refractivity contribution in [3.8, 4) is 22.9 Å². The minimum Gasteiger partial charge on any atom is -0.496 e. The summed E-state index contributed by atoms with van der Waals surface area (Å²) < 4.78 is 12.4. The minimum absolute atomic E-state index is 0.0548. The Bertz CT molecular complexity index is 1380. The zero-order valence-corrected chi connectivity index (χ0v) is 20.0. The summed E-state index contributed by atoms with van der Waals surface area (Å²) in [5.74, 6) is 0.908. The average Bonchev–Trinajstić information content (AvgIpc) is 3.02. The molecule has 1 aliphatic rings. The number of amides is 1. The molecule has 1 aromatic heterocycles. The summed E-state index contributed by atoms with van der Waals surface area (Å²) in [6.45, 7) is 1.99. The zero-order valence-electron chi connectivity index (χ0n) is 19.2. The molecular formula is C26H24N4O3S. The van der Waals surface area contributed by atoms with Gasteiger partial charge < -0.3 is 9.47 Å². The normalized spacial score (nSPS) is 14.7. The van der Waals surface area contributed by atoms with Gasteiger partial charge in [-0.3, -0.25) is 9.69 Å². The lowest BCUT2D eigenvalue weighted by Gasteiger charge is -2.32. The molecule has 4 aromatic rings. The molecule has 1 unspecified atom stereocenters. The van der Waals surface area contributed by atoms with Crippen molar-refractivity contribution < 1.29 is 14.3 Å². The fraction of sp³-hybridized carbons (Fsp3) is 0.231. The third-order valence-electron chi connectivity index (χ3n) is 5.82. The lowest BCUT2D eigenvalue weighted by Crippen LogP contribution is -2.38. The van der Waals surface area contributed by atoms with Gasteiger partial charge in [-0.05, 0) is 35.6 Å². The van der Waals surface area contributed by atoms with Crippen LogP contribution in [0.2, 0.25) is 0 Å². The maximum Gasteiger partial charge on any atom is 0.247 e. The van der Waals surface area contributed by atoms with Gasteiger partial charge in [0.2, 0.25) is 23.2 Å². The molecule has 0 radical (unpaired) electrons. The molecule has 0 spiro atoms. The largest absolute Gasteiger partial charge is 0.496 e. The van der Waals surface area contributed by atoms with Crippen LogP contribution in [0.25, 0.3) is 22.0 Å². The van der Waals surface area contributed by atoms with E-state index >= 15 is 0 Å². The molecule has 0 N–H and O–H groups in total. The average molecular weight is 473 g/mol. The number of nitrogens with zero attached hydrogens (tertiary/aromatic N) is 4. The summed E-state index contributed by atoms with van der Waals surface area (Å²) in [4.78, 5) is 20.0. The SMILES string of the molecule is CCCC(=O)N1c2ccccc2-c2nnc(SC)nc2OC1c1c(OC)ccc2ccccc12. The maximum absolute atomic E-state index is 13.7. The number of anilines is 1. The quantitative estimate of drug-likeness (QED) is 0.348. The molecule has 0 fully saturated rings. The van der Waals surface area contributed by atoms with Gasteiger partial charge in [0.25, 0.3) is 0 Å². The van der Waals surface area contributed by atoms with Crippen LogP contribution in [0.5, 0.6) is 11.6 Å². The Kier molecular flexibility index (Phi) is 6.06. The number of thioether (sulfide) groups is 1. The number of rotatable bonds is 5.